The summed E-state index contributed by atoms with van der Waals surface area (Å²) in [5.41, 5.74) is 3.92. The van der Waals surface area contributed by atoms with E-state index < -0.39 is 0 Å². The first-order valence-electron chi connectivity index (χ1n) is 7.87. The third-order valence-electron chi connectivity index (χ3n) is 3.98. The first-order chi connectivity index (χ1) is 11.2. The standard InChI is InChI=1S/C19H21N3O/c1-14(2)22-19(17(13-23)20-21-22)18(15-9-5-3-6-10-15)16-11-7-4-8-12-16/h3-12,14,18,23H,13H2,1-2H3. The van der Waals surface area contributed by atoms with Crippen LogP contribution in [-0.4, -0.2) is 20.1 Å². The van der Waals surface area contributed by atoms with Crippen molar-refractivity contribution in [1.82, 2.24) is 15.0 Å². The van der Waals surface area contributed by atoms with Crippen molar-refractivity contribution in [1.29, 1.82) is 0 Å². The Morgan fingerprint density at radius 1 is 0.913 bits per heavy atom. The molecule has 0 aliphatic carbocycles. The van der Waals surface area contributed by atoms with E-state index in [1.807, 2.05) is 41.1 Å². The monoisotopic (exact) mass is 307 g/mol. The molecule has 2 aromatic carbocycles. The van der Waals surface area contributed by atoms with Crippen molar-refractivity contribution in [2.24, 2.45) is 0 Å². The van der Waals surface area contributed by atoms with Crippen molar-refractivity contribution in [2.45, 2.75) is 32.4 Å². The van der Waals surface area contributed by atoms with Gasteiger partial charge < -0.3 is 5.11 Å². The summed E-state index contributed by atoms with van der Waals surface area (Å²) in [4.78, 5) is 0. The van der Waals surface area contributed by atoms with Crippen LogP contribution >= 0.6 is 0 Å². The molecule has 118 valence electrons. The van der Waals surface area contributed by atoms with Gasteiger partial charge in [0.1, 0.15) is 5.69 Å². The summed E-state index contributed by atoms with van der Waals surface area (Å²) >= 11 is 0. The molecule has 0 bridgehead atoms. The molecule has 0 saturated heterocycles. The SMILES string of the molecule is CC(C)n1nnc(CO)c1C(c1ccccc1)c1ccccc1. The zero-order valence-corrected chi connectivity index (χ0v) is 13.4. The van der Waals surface area contributed by atoms with E-state index in [4.69, 9.17) is 0 Å². The molecule has 1 heterocycles. The molecule has 3 rings (SSSR count). The van der Waals surface area contributed by atoms with Gasteiger partial charge in [-0.25, -0.2) is 4.68 Å². The van der Waals surface area contributed by atoms with Crippen molar-refractivity contribution < 1.29 is 5.11 Å². The summed E-state index contributed by atoms with van der Waals surface area (Å²) in [7, 11) is 0. The molecule has 0 saturated carbocycles. The molecule has 0 atom stereocenters. The molecule has 0 fully saturated rings. The number of aliphatic hydroxyl groups is 1. The first kappa shape index (κ1) is 15.4. The average molecular weight is 307 g/mol. The Morgan fingerprint density at radius 2 is 1.43 bits per heavy atom. The topological polar surface area (TPSA) is 50.9 Å². The molecular formula is C19H21N3O. The fourth-order valence-corrected chi connectivity index (χ4v) is 2.93. The number of hydrogen-bond acceptors (Lipinski definition) is 3. The van der Waals surface area contributed by atoms with Gasteiger partial charge in [0.2, 0.25) is 0 Å². The van der Waals surface area contributed by atoms with Gasteiger partial charge in [-0.1, -0.05) is 65.9 Å². The highest BCUT2D eigenvalue weighted by Crippen LogP contribution is 2.34. The Bertz CT molecular complexity index is 711. The Kier molecular flexibility index (Phi) is 4.53. The second-order valence-corrected chi connectivity index (χ2v) is 5.87. The minimum absolute atomic E-state index is 0.00282. The zero-order valence-electron chi connectivity index (χ0n) is 13.4. The fourth-order valence-electron chi connectivity index (χ4n) is 2.93. The summed E-state index contributed by atoms with van der Waals surface area (Å²) in [6, 6.07) is 20.8. The number of nitrogens with zero attached hydrogens (tertiary/aromatic N) is 3. The van der Waals surface area contributed by atoms with Crippen LogP contribution in [0.5, 0.6) is 0 Å². The van der Waals surface area contributed by atoms with Crippen LogP contribution < -0.4 is 0 Å². The van der Waals surface area contributed by atoms with Crippen molar-refractivity contribution in [2.75, 3.05) is 0 Å². The van der Waals surface area contributed by atoms with Crippen molar-refractivity contribution in [3.05, 3.63) is 83.2 Å². The van der Waals surface area contributed by atoms with Gasteiger partial charge in [-0.15, -0.1) is 5.10 Å². The van der Waals surface area contributed by atoms with Gasteiger partial charge in [0, 0.05) is 6.04 Å². The minimum atomic E-state index is -0.113. The summed E-state index contributed by atoms with van der Waals surface area (Å²) < 4.78 is 1.91. The van der Waals surface area contributed by atoms with E-state index >= 15 is 0 Å². The second-order valence-electron chi connectivity index (χ2n) is 5.87. The van der Waals surface area contributed by atoms with E-state index in [2.05, 4.69) is 48.4 Å². The van der Waals surface area contributed by atoms with Gasteiger partial charge in [0.05, 0.1) is 18.2 Å². The predicted octanol–water partition coefficient (Wildman–Crippen LogP) is 3.53. The highest BCUT2D eigenvalue weighted by molar-refractivity contribution is 5.41. The van der Waals surface area contributed by atoms with E-state index in [9.17, 15) is 5.11 Å². The van der Waals surface area contributed by atoms with Crippen LogP contribution in [0.3, 0.4) is 0 Å². The average Bonchev–Trinajstić information content (AvgIpc) is 3.01. The smallest absolute Gasteiger partial charge is 0.112 e. The quantitative estimate of drug-likeness (QED) is 0.784. The van der Waals surface area contributed by atoms with Gasteiger partial charge in [-0.05, 0) is 25.0 Å². The van der Waals surface area contributed by atoms with Gasteiger partial charge in [-0.3, -0.25) is 0 Å². The molecule has 23 heavy (non-hydrogen) atoms. The fraction of sp³-hybridized carbons (Fsp3) is 0.263. The molecule has 0 unspecified atom stereocenters. The third-order valence-corrected chi connectivity index (χ3v) is 3.98. The molecule has 0 amide bonds. The number of rotatable bonds is 5. The maximum atomic E-state index is 9.74. The maximum Gasteiger partial charge on any atom is 0.112 e. The molecule has 0 radical (unpaired) electrons. The number of aliphatic hydroxyl groups excluding tert-OH is 1. The minimum Gasteiger partial charge on any atom is -0.390 e. The van der Waals surface area contributed by atoms with Crippen LogP contribution in [0.2, 0.25) is 0 Å². The van der Waals surface area contributed by atoms with Crippen molar-refractivity contribution >= 4 is 0 Å². The molecule has 0 spiro atoms. The molecule has 4 heteroatoms. The lowest BCUT2D eigenvalue weighted by molar-refractivity contribution is 0.275. The van der Waals surface area contributed by atoms with E-state index in [0.717, 1.165) is 16.8 Å². The second kappa shape index (κ2) is 6.75. The van der Waals surface area contributed by atoms with Crippen molar-refractivity contribution in [3.8, 4) is 0 Å². The Hall–Kier alpha value is -2.46. The lowest BCUT2D eigenvalue weighted by Gasteiger charge is -2.21. The highest BCUT2D eigenvalue weighted by atomic mass is 16.3. The molecule has 4 nitrogen and oxygen atoms in total. The van der Waals surface area contributed by atoms with E-state index in [-0.39, 0.29) is 18.6 Å². The van der Waals surface area contributed by atoms with Gasteiger partial charge in [0.25, 0.3) is 0 Å². The number of hydrogen-bond donors (Lipinski definition) is 1. The highest BCUT2D eigenvalue weighted by Gasteiger charge is 2.26. The largest absolute Gasteiger partial charge is 0.390 e. The zero-order chi connectivity index (χ0) is 16.2. The molecule has 1 N–H and O–H groups in total. The molecule has 0 aliphatic heterocycles. The molecule has 1 aromatic heterocycles. The first-order valence-corrected chi connectivity index (χ1v) is 7.87. The van der Waals surface area contributed by atoms with Crippen LogP contribution in [-0.2, 0) is 6.61 Å². The van der Waals surface area contributed by atoms with E-state index in [1.54, 1.807) is 0 Å². The summed E-state index contributed by atoms with van der Waals surface area (Å²) in [5, 5.41) is 18.2. The Balaban J connectivity index is 2.23. The van der Waals surface area contributed by atoms with Crippen LogP contribution in [0.25, 0.3) is 0 Å². The number of aromatic nitrogens is 3. The van der Waals surface area contributed by atoms with Crippen molar-refractivity contribution in [3.63, 3.8) is 0 Å². The van der Waals surface area contributed by atoms with Crippen LogP contribution in [0.1, 0.15) is 48.3 Å². The number of benzene rings is 2. The molecular weight excluding hydrogens is 286 g/mol. The van der Waals surface area contributed by atoms with Crippen LogP contribution in [0.4, 0.5) is 0 Å². The Morgan fingerprint density at radius 3 is 1.87 bits per heavy atom. The van der Waals surface area contributed by atoms with Gasteiger partial charge >= 0.3 is 0 Å². The maximum absolute atomic E-state index is 9.74. The Labute approximate surface area is 136 Å². The molecule has 0 aliphatic rings. The van der Waals surface area contributed by atoms with E-state index in [1.165, 1.54) is 0 Å². The third kappa shape index (κ3) is 3.03. The summed E-state index contributed by atoms with van der Waals surface area (Å²) in [6.07, 6.45) is 0. The van der Waals surface area contributed by atoms with Gasteiger partial charge in [-0.2, -0.15) is 0 Å². The van der Waals surface area contributed by atoms with Crippen LogP contribution in [0, 0.1) is 0 Å². The van der Waals surface area contributed by atoms with E-state index in [0.29, 0.717) is 5.69 Å². The lowest BCUT2D eigenvalue weighted by atomic mass is 9.87. The van der Waals surface area contributed by atoms with Crippen LogP contribution in [0.15, 0.2) is 60.7 Å². The summed E-state index contributed by atoms with van der Waals surface area (Å²) in [5.74, 6) is -0.00282. The lowest BCUT2D eigenvalue weighted by Crippen LogP contribution is -2.15. The normalized spacial score (nSPS) is 11.3. The predicted molar refractivity (Wildman–Crippen MR) is 90.2 cm³/mol. The van der Waals surface area contributed by atoms with Gasteiger partial charge in [0.15, 0.2) is 0 Å². The summed E-state index contributed by atoms with van der Waals surface area (Å²) in [6.45, 7) is 4.04. The molecule has 3 aromatic rings.